The van der Waals surface area contributed by atoms with E-state index in [0.29, 0.717) is 11.8 Å². The monoisotopic (exact) mass is 375 g/mol. The van der Waals surface area contributed by atoms with Gasteiger partial charge in [0.1, 0.15) is 0 Å². The second kappa shape index (κ2) is 8.80. The molecular formula is C22H25N5O. The number of aromatic nitrogens is 3. The van der Waals surface area contributed by atoms with Crippen molar-refractivity contribution in [3.05, 3.63) is 60.4 Å². The van der Waals surface area contributed by atoms with Crippen LogP contribution in [0.15, 0.2) is 54.9 Å². The number of pyridine rings is 1. The molecule has 1 fully saturated rings. The molecule has 0 amide bonds. The fourth-order valence-electron chi connectivity index (χ4n) is 3.49. The van der Waals surface area contributed by atoms with Crippen molar-refractivity contribution in [1.29, 1.82) is 0 Å². The van der Waals surface area contributed by atoms with Gasteiger partial charge in [-0.1, -0.05) is 24.6 Å². The van der Waals surface area contributed by atoms with Gasteiger partial charge in [-0.05, 0) is 49.7 Å². The summed E-state index contributed by atoms with van der Waals surface area (Å²) in [5.74, 6) is 1.12. The summed E-state index contributed by atoms with van der Waals surface area (Å²) in [6, 6.07) is 14.3. The van der Waals surface area contributed by atoms with E-state index < -0.39 is 0 Å². The Morgan fingerprint density at radius 1 is 1.04 bits per heavy atom. The Morgan fingerprint density at radius 2 is 1.93 bits per heavy atom. The topological polar surface area (TPSA) is 63.2 Å². The standard InChI is InChI=1S/C22H25N5O/c1-28-21-9-8-19(15-24-21)25-22-23-11-10-20(26-22)18-7-5-6-17(14-18)16-27-12-3-2-4-13-27/h5-11,14-15H,2-4,12-13,16H2,1H3,(H,23,25,26). The van der Waals surface area contributed by atoms with Gasteiger partial charge in [-0.2, -0.15) is 0 Å². The predicted octanol–water partition coefficient (Wildman–Crippen LogP) is 4.28. The van der Waals surface area contributed by atoms with Crippen LogP contribution < -0.4 is 10.1 Å². The van der Waals surface area contributed by atoms with Crippen LogP contribution in [0, 0.1) is 0 Å². The van der Waals surface area contributed by atoms with Crippen molar-refractivity contribution in [3.63, 3.8) is 0 Å². The first-order valence-corrected chi connectivity index (χ1v) is 9.72. The van der Waals surface area contributed by atoms with Crippen LogP contribution in [-0.2, 0) is 6.54 Å². The molecule has 6 nitrogen and oxygen atoms in total. The van der Waals surface area contributed by atoms with Gasteiger partial charge in [-0.25, -0.2) is 15.0 Å². The SMILES string of the molecule is COc1ccc(Nc2nccc(-c3cccc(CN4CCCCC4)c3)n2)cn1. The minimum Gasteiger partial charge on any atom is -0.481 e. The predicted molar refractivity (Wildman–Crippen MR) is 111 cm³/mol. The van der Waals surface area contributed by atoms with Gasteiger partial charge in [0.15, 0.2) is 0 Å². The Bertz CT molecular complexity index is 907. The molecule has 1 saturated heterocycles. The van der Waals surface area contributed by atoms with E-state index in [-0.39, 0.29) is 0 Å². The van der Waals surface area contributed by atoms with E-state index in [9.17, 15) is 0 Å². The molecule has 3 aromatic rings. The van der Waals surface area contributed by atoms with Gasteiger partial charge in [0.05, 0.1) is 24.7 Å². The lowest BCUT2D eigenvalue weighted by Gasteiger charge is -2.26. The summed E-state index contributed by atoms with van der Waals surface area (Å²) in [4.78, 5) is 15.7. The lowest BCUT2D eigenvalue weighted by atomic mass is 10.1. The van der Waals surface area contributed by atoms with Gasteiger partial charge in [0.25, 0.3) is 0 Å². The van der Waals surface area contributed by atoms with Crippen LogP contribution in [0.5, 0.6) is 5.88 Å². The molecular weight excluding hydrogens is 350 g/mol. The molecule has 1 N–H and O–H groups in total. The van der Waals surface area contributed by atoms with Gasteiger partial charge >= 0.3 is 0 Å². The highest BCUT2D eigenvalue weighted by Crippen LogP contribution is 2.22. The second-order valence-corrected chi connectivity index (χ2v) is 7.02. The van der Waals surface area contributed by atoms with Gasteiger partial charge < -0.3 is 10.1 Å². The second-order valence-electron chi connectivity index (χ2n) is 7.02. The van der Waals surface area contributed by atoms with Crippen LogP contribution in [0.25, 0.3) is 11.3 Å². The van der Waals surface area contributed by atoms with Crippen LogP contribution in [0.3, 0.4) is 0 Å². The fraction of sp³-hybridized carbons (Fsp3) is 0.318. The Kier molecular flexibility index (Phi) is 5.77. The molecule has 28 heavy (non-hydrogen) atoms. The van der Waals surface area contributed by atoms with Crippen LogP contribution in [-0.4, -0.2) is 40.1 Å². The number of nitrogens with one attached hydrogen (secondary N) is 1. The van der Waals surface area contributed by atoms with Crippen LogP contribution in [0.1, 0.15) is 24.8 Å². The zero-order valence-corrected chi connectivity index (χ0v) is 16.1. The smallest absolute Gasteiger partial charge is 0.227 e. The molecule has 1 aromatic carbocycles. The van der Waals surface area contributed by atoms with Gasteiger partial charge in [0, 0.05) is 24.4 Å². The minimum atomic E-state index is 0.547. The molecule has 6 heteroatoms. The van der Waals surface area contributed by atoms with Crippen molar-refractivity contribution in [3.8, 4) is 17.1 Å². The average molecular weight is 375 g/mol. The summed E-state index contributed by atoms with van der Waals surface area (Å²) in [6.45, 7) is 3.39. The highest BCUT2D eigenvalue weighted by molar-refractivity contribution is 5.62. The largest absolute Gasteiger partial charge is 0.481 e. The quantitative estimate of drug-likeness (QED) is 0.694. The number of hydrogen-bond donors (Lipinski definition) is 1. The van der Waals surface area contributed by atoms with Crippen LogP contribution in [0.2, 0.25) is 0 Å². The lowest BCUT2D eigenvalue weighted by molar-refractivity contribution is 0.221. The summed E-state index contributed by atoms with van der Waals surface area (Å²) >= 11 is 0. The number of anilines is 2. The molecule has 1 aliphatic heterocycles. The normalized spacial score (nSPS) is 14.6. The first-order chi connectivity index (χ1) is 13.8. The van der Waals surface area contributed by atoms with E-state index in [1.165, 1.54) is 37.9 Å². The highest BCUT2D eigenvalue weighted by Gasteiger charge is 2.11. The number of methoxy groups -OCH3 is 1. The van der Waals surface area contributed by atoms with Crippen molar-refractivity contribution >= 4 is 11.6 Å². The van der Waals surface area contributed by atoms with E-state index in [2.05, 4.69) is 49.4 Å². The van der Waals surface area contributed by atoms with Crippen molar-refractivity contribution < 1.29 is 4.74 Å². The molecule has 0 unspecified atom stereocenters. The number of likely N-dealkylation sites (tertiary alicyclic amines) is 1. The van der Waals surface area contributed by atoms with Crippen molar-refractivity contribution in [2.45, 2.75) is 25.8 Å². The first-order valence-electron chi connectivity index (χ1n) is 9.72. The molecule has 144 valence electrons. The molecule has 1 aliphatic rings. The number of hydrogen-bond acceptors (Lipinski definition) is 6. The zero-order valence-electron chi connectivity index (χ0n) is 16.1. The molecule has 0 radical (unpaired) electrons. The highest BCUT2D eigenvalue weighted by atomic mass is 16.5. The molecule has 0 atom stereocenters. The summed E-state index contributed by atoms with van der Waals surface area (Å²) in [7, 11) is 1.60. The van der Waals surface area contributed by atoms with Crippen molar-refractivity contribution in [2.75, 3.05) is 25.5 Å². The van der Waals surface area contributed by atoms with Crippen molar-refractivity contribution in [2.24, 2.45) is 0 Å². The first kappa shape index (κ1) is 18.4. The summed E-state index contributed by atoms with van der Waals surface area (Å²) in [5.41, 5.74) is 4.15. The third-order valence-corrected chi connectivity index (χ3v) is 4.93. The third-order valence-electron chi connectivity index (χ3n) is 4.93. The minimum absolute atomic E-state index is 0.547. The molecule has 0 saturated carbocycles. The fourth-order valence-corrected chi connectivity index (χ4v) is 3.49. The summed E-state index contributed by atoms with van der Waals surface area (Å²) in [5, 5.41) is 3.20. The number of ether oxygens (including phenoxy) is 1. The molecule has 4 rings (SSSR count). The molecule has 0 spiro atoms. The number of benzene rings is 1. The van der Waals surface area contributed by atoms with E-state index >= 15 is 0 Å². The van der Waals surface area contributed by atoms with Crippen LogP contribution in [0.4, 0.5) is 11.6 Å². The summed E-state index contributed by atoms with van der Waals surface area (Å²) in [6.07, 6.45) is 7.45. The van der Waals surface area contributed by atoms with Gasteiger partial charge in [0.2, 0.25) is 11.8 Å². The number of nitrogens with zero attached hydrogens (tertiary/aromatic N) is 4. The zero-order chi connectivity index (χ0) is 19.2. The molecule has 2 aromatic heterocycles. The van der Waals surface area contributed by atoms with Crippen molar-refractivity contribution in [1.82, 2.24) is 19.9 Å². The Labute approximate surface area is 165 Å². The van der Waals surface area contributed by atoms with E-state index in [1.807, 2.05) is 12.1 Å². The van der Waals surface area contributed by atoms with Gasteiger partial charge in [-0.15, -0.1) is 0 Å². The van der Waals surface area contributed by atoms with Gasteiger partial charge in [-0.3, -0.25) is 4.90 Å². The van der Waals surface area contributed by atoms with E-state index in [0.717, 1.165) is 23.5 Å². The molecule has 3 heterocycles. The maximum atomic E-state index is 5.09. The maximum absolute atomic E-state index is 5.09. The number of rotatable bonds is 6. The van der Waals surface area contributed by atoms with E-state index in [1.54, 1.807) is 25.6 Å². The Morgan fingerprint density at radius 3 is 2.71 bits per heavy atom. The summed E-state index contributed by atoms with van der Waals surface area (Å²) < 4.78 is 5.09. The lowest BCUT2D eigenvalue weighted by Crippen LogP contribution is -2.29. The molecule has 0 aliphatic carbocycles. The Hall–Kier alpha value is -2.99. The average Bonchev–Trinajstić information content (AvgIpc) is 2.75. The van der Waals surface area contributed by atoms with E-state index in [4.69, 9.17) is 4.74 Å². The third kappa shape index (κ3) is 4.64. The number of piperidine rings is 1. The maximum Gasteiger partial charge on any atom is 0.227 e. The molecule has 0 bridgehead atoms. The van der Waals surface area contributed by atoms with Crippen LogP contribution >= 0.6 is 0 Å². The Balaban J connectivity index is 1.49.